The van der Waals surface area contributed by atoms with Crippen LogP contribution < -0.4 is 0 Å². The van der Waals surface area contributed by atoms with Gasteiger partial charge in [0.1, 0.15) is 11.6 Å². The van der Waals surface area contributed by atoms with Crippen molar-refractivity contribution in [3.8, 4) is 0 Å². The highest BCUT2D eigenvalue weighted by atomic mass is 19.1. The van der Waals surface area contributed by atoms with E-state index in [-0.39, 0.29) is 23.1 Å². The number of nitrogens with zero attached hydrogens (tertiary/aromatic N) is 1. The fourth-order valence-electron chi connectivity index (χ4n) is 1.92. The van der Waals surface area contributed by atoms with E-state index in [1.807, 2.05) is 6.92 Å². The molecule has 0 saturated heterocycles. The molecule has 0 saturated carbocycles. The summed E-state index contributed by atoms with van der Waals surface area (Å²) in [7, 11) is 2.84. The summed E-state index contributed by atoms with van der Waals surface area (Å²) in [6, 6.07) is 11.3. The lowest BCUT2D eigenvalue weighted by atomic mass is 10.1. The topological polar surface area (TPSA) is 46.6 Å². The molecular formula is C19H21F2NO3. The molecule has 0 bridgehead atoms. The standard InChI is InChI=1S/C10H11FO.C9H10FNO2/c1-2-4-10(12)8-5-3-6-9(11)7-8;1-11(13-2)9(12)7-4-3-5-8(10)6-7/h3,5-7H,2,4H2,1H3;3-6H,1-2H3. The molecule has 2 aromatic carbocycles. The number of halogens is 2. The predicted octanol–water partition coefficient (Wildman–Crippen LogP) is 4.27. The van der Waals surface area contributed by atoms with Gasteiger partial charge in [0.2, 0.25) is 0 Å². The molecule has 0 N–H and O–H groups in total. The Labute approximate surface area is 146 Å². The summed E-state index contributed by atoms with van der Waals surface area (Å²) in [6.07, 6.45) is 1.29. The Morgan fingerprint density at radius 3 is 2.00 bits per heavy atom. The molecule has 1 amide bonds. The van der Waals surface area contributed by atoms with Crippen LogP contribution in [0.1, 0.15) is 40.5 Å². The summed E-state index contributed by atoms with van der Waals surface area (Å²) in [5.74, 6) is -1.15. The van der Waals surface area contributed by atoms with Gasteiger partial charge in [0.25, 0.3) is 5.91 Å². The Morgan fingerprint density at radius 2 is 1.52 bits per heavy atom. The van der Waals surface area contributed by atoms with Crippen LogP contribution in [-0.4, -0.2) is 30.9 Å². The second kappa shape index (κ2) is 10.3. The quantitative estimate of drug-likeness (QED) is 0.598. The van der Waals surface area contributed by atoms with Gasteiger partial charge < -0.3 is 0 Å². The van der Waals surface area contributed by atoms with E-state index in [0.29, 0.717) is 12.0 Å². The molecule has 4 nitrogen and oxygen atoms in total. The minimum atomic E-state index is -0.435. The molecule has 2 rings (SSSR count). The van der Waals surface area contributed by atoms with E-state index in [9.17, 15) is 18.4 Å². The molecule has 0 aliphatic rings. The minimum absolute atomic E-state index is 0.0111. The minimum Gasteiger partial charge on any atom is -0.294 e. The van der Waals surface area contributed by atoms with Crippen molar-refractivity contribution in [2.24, 2.45) is 0 Å². The normalized spacial score (nSPS) is 9.80. The largest absolute Gasteiger partial charge is 0.294 e. The SMILES string of the molecule is CCCC(=O)c1cccc(F)c1.CON(C)C(=O)c1cccc(F)c1. The first-order valence-corrected chi connectivity index (χ1v) is 7.75. The number of hydrogen-bond acceptors (Lipinski definition) is 3. The lowest BCUT2D eigenvalue weighted by molar-refractivity contribution is -0.0757. The first kappa shape index (κ1) is 20.4. The Balaban J connectivity index is 0.000000251. The molecule has 6 heteroatoms. The van der Waals surface area contributed by atoms with E-state index in [2.05, 4.69) is 4.84 Å². The Bertz CT molecular complexity index is 719. The van der Waals surface area contributed by atoms with Crippen molar-refractivity contribution < 1.29 is 23.2 Å². The summed E-state index contributed by atoms with van der Waals surface area (Å²) in [4.78, 5) is 27.3. The Kier molecular flexibility index (Phi) is 8.43. The lowest BCUT2D eigenvalue weighted by Crippen LogP contribution is -2.25. The number of amides is 1. The smallest absolute Gasteiger partial charge is 0.277 e. The molecule has 2 aromatic rings. The van der Waals surface area contributed by atoms with Gasteiger partial charge in [-0.3, -0.25) is 14.4 Å². The van der Waals surface area contributed by atoms with Gasteiger partial charge in [0, 0.05) is 24.6 Å². The fraction of sp³-hybridized carbons (Fsp3) is 0.263. The van der Waals surface area contributed by atoms with E-state index in [4.69, 9.17) is 0 Å². The Morgan fingerprint density at radius 1 is 1.00 bits per heavy atom. The van der Waals surface area contributed by atoms with Crippen LogP contribution >= 0.6 is 0 Å². The maximum atomic E-state index is 12.7. The zero-order valence-electron chi connectivity index (χ0n) is 14.5. The summed E-state index contributed by atoms with van der Waals surface area (Å²) in [6.45, 7) is 1.93. The first-order chi connectivity index (χ1) is 11.9. The number of rotatable bonds is 5. The third-order valence-electron chi connectivity index (χ3n) is 3.26. The first-order valence-electron chi connectivity index (χ1n) is 7.75. The van der Waals surface area contributed by atoms with Crippen molar-refractivity contribution in [2.75, 3.05) is 14.2 Å². The number of Topliss-reactive ketones (excluding diaryl/α,β-unsaturated/α-hetero) is 1. The van der Waals surface area contributed by atoms with E-state index in [0.717, 1.165) is 17.6 Å². The molecule has 0 atom stereocenters. The van der Waals surface area contributed by atoms with Crippen molar-refractivity contribution in [3.63, 3.8) is 0 Å². The van der Waals surface area contributed by atoms with Crippen molar-refractivity contribution in [3.05, 3.63) is 71.3 Å². The van der Waals surface area contributed by atoms with Crippen LogP contribution in [0, 0.1) is 11.6 Å². The van der Waals surface area contributed by atoms with Crippen molar-refractivity contribution in [1.29, 1.82) is 0 Å². The van der Waals surface area contributed by atoms with Gasteiger partial charge in [-0.1, -0.05) is 25.1 Å². The molecule has 0 aromatic heterocycles. The number of carbonyl (C=O) groups excluding carboxylic acids is 2. The van der Waals surface area contributed by atoms with E-state index < -0.39 is 5.82 Å². The summed E-state index contributed by atoms with van der Waals surface area (Å²) < 4.78 is 25.3. The van der Waals surface area contributed by atoms with Crippen LogP contribution in [0.3, 0.4) is 0 Å². The monoisotopic (exact) mass is 349 g/mol. The van der Waals surface area contributed by atoms with Crippen LogP contribution in [0.25, 0.3) is 0 Å². The van der Waals surface area contributed by atoms with Crippen LogP contribution in [-0.2, 0) is 4.84 Å². The van der Waals surface area contributed by atoms with Gasteiger partial charge in [0.15, 0.2) is 5.78 Å². The maximum Gasteiger partial charge on any atom is 0.277 e. The molecular weight excluding hydrogens is 328 g/mol. The van der Waals surface area contributed by atoms with Crippen LogP contribution in [0.2, 0.25) is 0 Å². The summed E-state index contributed by atoms with van der Waals surface area (Å²) in [5.41, 5.74) is 0.737. The average molecular weight is 349 g/mol. The van der Waals surface area contributed by atoms with Crippen LogP contribution in [0.4, 0.5) is 8.78 Å². The van der Waals surface area contributed by atoms with Gasteiger partial charge >= 0.3 is 0 Å². The number of hydroxylamine groups is 2. The molecule has 0 aliphatic heterocycles. The highest BCUT2D eigenvalue weighted by molar-refractivity contribution is 5.96. The number of ketones is 1. The molecule has 134 valence electrons. The zero-order chi connectivity index (χ0) is 18.8. The van der Waals surface area contributed by atoms with E-state index in [1.165, 1.54) is 44.5 Å². The molecule has 0 radical (unpaired) electrons. The number of carbonyl (C=O) groups is 2. The van der Waals surface area contributed by atoms with Gasteiger partial charge in [-0.2, -0.15) is 0 Å². The number of benzene rings is 2. The molecule has 0 unspecified atom stereocenters. The number of hydrogen-bond donors (Lipinski definition) is 0. The molecule has 0 aliphatic carbocycles. The van der Waals surface area contributed by atoms with Gasteiger partial charge in [-0.05, 0) is 36.8 Å². The molecule has 0 spiro atoms. The van der Waals surface area contributed by atoms with Crippen molar-refractivity contribution in [1.82, 2.24) is 5.06 Å². The molecule has 0 fully saturated rings. The zero-order valence-corrected chi connectivity index (χ0v) is 14.5. The second-order valence-electron chi connectivity index (χ2n) is 5.18. The van der Waals surface area contributed by atoms with Crippen molar-refractivity contribution in [2.45, 2.75) is 19.8 Å². The van der Waals surface area contributed by atoms with Gasteiger partial charge in [0.05, 0.1) is 7.11 Å². The maximum absolute atomic E-state index is 12.7. The highest BCUT2D eigenvalue weighted by Crippen LogP contribution is 2.07. The summed E-state index contributed by atoms with van der Waals surface area (Å²) >= 11 is 0. The average Bonchev–Trinajstić information content (AvgIpc) is 2.61. The predicted molar refractivity (Wildman–Crippen MR) is 91.1 cm³/mol. The van der Waals surface area contributed by atoms with Gasteiger partial charge in [-0.15, -0.1) is 0 Å². The van der Waals surface area contributed by atoms with Gasteiger partial charge in [-0.25, -0.2) is 13.8 Å². The molecule has 25 heavy (non-hydrogen) atoms. The molecule has 0 heterocycles. The third kappa shape index (κ3) is 6.81. The van der Waals surface area contributed by atoms with Crippen molar-refractivity contribution >= 4 is 11.7 Å². The van der Waals surface area contributed by atoms with Crippen LogP contribution in [0.5, 0.6) is 0 Å². The Hall–Kier alpha value is -2.60. The third-order valence-corrected chi connectivity index (χ3v) is 3.26. The second-order valence-corrected chi connectivity index (χ2v) is 5.18. The lowest BCUT2D eigenvalue weighted by Gasteiger charge is -2.13. The van der Waals surface area contributed by atoms with E-state index >= 15 is 0 Å². The summed E-state index contributed by atoms with van der Waals surface area (Å²) in [5, 5.41) is 1.04. The fourth-order valence-corrected chi connectivity index (χ4v) is 1.92. The van der Waals surface area contributed by atoms with E-state index in [1.54, 1.807) is 12.1 Å². The van der Waals surface area contributed by atoms with Crippen LogP contribution in [0.15, 0.2) is 48.5 Å². The highest BCUT2D eigenvalue weighted by Gasteiger charge is 2.10.